The summed E-state index contributed by atoms with van der Waals surface area (Å²) in [4.78, 5) is 21.4. The van der Waals surface area contributed by atoms with Gasteiger partial charge in [-0.15, -0.1) is 0 Å². The second-order valence-corrected chi connectivity index (χ2v) is 8.71. The fraction of sp³-hybridized carbons (Fsp3) is 0.526. The van der Waals surface area contributed by atoms with Gasteiger partial charge in [0.1, 0.15) is 17.2 Å². The predicted molar refractivity (Wildman–Crippen MR) is 106 cm³/mol. The van der Waals surface area contributed by atoms with Crippen LogP contribution in [0.2, 0.25) is 0 Å². The van der Waals surface area contributed by atoms with Gasteiger partial charge >= 0.3 is 18.3 Å². The monoisotopic (exact) mass is 509 g/mol. The van der Waals surface area contributed by atoms with Crippen molar-refractivity contribution in [2.24, 2.45) is 0 Å². The Morgan fingerprint density at radius 2 is 1.94 bits per heavy atom. The first kappa shape index (κ1) is 23.3. The Balaban J connectivity index is 1.95. The quantitative estimate of drug-likeness (QED) is 0.545. The highest BCUT2D eigenvalue weighted by molar-refractivity contribution is 9.10. The number of hydrogen-bond donors (Lipinski definition) is 0. The Morgan fingerprint density at radius 3 is 2.52 bits per heavy atom. The number of rotatable bonds is 3. The molecule has 0 N–H and O–H groups in total. The van der Waals surface area contributed by atoms with E-state index < -0.39 is 39.8 Å². The molecule has 0 saturated carbocycles. The van der Waals surface area contributed by atoms with Gasteiger partial charge in [0.05, 0.1) is 29.1 Å². The van der Waals surface area contributed by atoms with E-state index in [1.165, 1.54) is 12.0 Å². The zero-order valence-corrected chi connectivity index (χ0v) is 18.7. The maximum Gasteiger partial charge on any atom is 0.417 e. The molecule has 170 valence electrons. The number of carbonyl (C=O) groups is 1. The van der Waals surface area contributed by atoms with Crippen molar-refractivity contribution >= 4 is 32.9 Å². The first-order valence-corrected chi connectivity index (χ1v) is 10.0. The third-order valence-corrected chi connectivity index (χ3v) is 5.15. The third-order valence-electron chi connectivity index (χ3n) is 4.38. The van der Waals surface area contributed by atoms with E-state index in [4.69, 9.17) is 14.2 Å². The second-order valence-electron chi connectivity index (χ2n) is 7.92. The number of nitrogens with zero attached hydrogens (tertiary/aromatic N) is 3. The number of likely N-dealkylation sites (tertiary alicyclic amines) is 1. The summed E-state index contributed by atoms with van der Waals surface area (Å²) in [6.45, 7) is 5.67. The Hall–Kier alpha value is -2.37. The lowest BCUT2D eigenvalue weighted by Gasteiger charge is -2.24. The van der Waals surface area contributed by atoms with Crippen molar-refractivity contribution in [2.45, 2.75) is 45.1 Å². The highest BCUT2D eigenvalue weighted by atomic mass is 79.9. The minimum atomic E-state index is -4.81. The molecule has 12 heteroatoms. The topological polar surface area (TPSA) is 73.8 Å². The van der Waals surface area contributed by atoms with Crippen LogP contribution < -0.4 is 9.47 Å². The Kier molecular flexibility index (Phi) is 6.23. The van der Waals surface area contributed by atoms with Gasteiger partial charge in [0.25, 0.3) is 0 Å². The molecule has 2 aromatic rings. The van der Waals surface area contributed by atoms with Crippen molar-refractivity contribution < 1.29 is 36.6 Å². The van der Waals surface area contributed by atoms with E-state index in [9.17, 15) is 22.4 Å². The van der Waals surface area contributed by atoms with Crippen molar-refractivity contribution in [3.63, 3.8) is 0 Å². The number of hydrogen-bond acceptors (Lipinski definition) is 6. The summed E-state index contributed by atoms with van der Waals surface area (Å²) in [5, 5.41) is -0.260. The van der Waals surface area contributed by atoms with Gasteiger partial charge in [0.2, 0.25) is 5.88 Å². The summed E-state index contributed by atoms with van der Waals surface area (Å²) in [5.74, 6) is -1.48. The van der Waals surface area contributed by atoms with Crippen molar-refractivity contribution in [1.29, 1.82) is 0 Å². The fourth-order valence-electron chi connectivity index (χ4n) is 3.02. The standard InChI is InChI=1S/C19H20BrF4N3O4/c1-18(2,3)31-17(28)27-6-5-9(8-27)30-15-10-7-11(19(22,23)24)12(20)13(21)14(10)25-16(26-15)29-4/h7,9H,5-6,8H2,1-4H3. The molecule has 1 aromatic carbocycles. The number of aromatic nitrogens is 2. The lowest BCUT2D eigenvalue weighted by molar-refractivity contribution is -0.138. The van der Waals surface area contributed by atoms with Crippen LogP contribution in [-0.4, -0.2) is 52.9 Å². The van der Waals surface area contributed by atoms with Gasteiger partial charge in [-0.2, -0.15) is 23.1 Å². The first-order chi connectivity index (χ1) is 14.3. The van der Waals surface area contributed by atoms with Gasteiger partial charge in [-0.3, -0.25) is 0 Å². The molecule has 1 aromatic heterocycles. The highest BCUT2D eigenvalue weighted by Gasteiger charge is 2.37. The van der Waals surface area contributed by atoms with Crippen LogP contribution in [0.5, 0.6) is 11.9 Å². The first-order valence-electron chi connectivity index (χ1n) is 9.25. The van der Waals surface area contributed by atoms with Crippen LogP contribution in [0.1, 0.15) is 32.8 Å². The van der Waals surface area contributed by atoms with Crippen LogP contribution in [-0.2, 0) is 10.9 Å². The molecule has 1 saturated heterocycles. The van der Waals surface area contributed by atoms with Gasteiger partial charge in [0.15, 0.2) is 5.82 Å². The van der Waals surface area contributed by atoms with E-state index in [-0.39, 0.29) is 29.3 Å². The Morgan fingerprint density at radius 1 is 1.26 bits per heavy atom. The average Bonchev–Trinajstić information content (AvgIpc) is 3.11. The molecule has 1 aliphatic heterocycles. The number of benzene rings is 1. The molecule has 2 heterocycles. The normalized spacial score (nSPS) is 17.2. The summed E-state index contributed by atoms with van der Waals surface area (Å²) in [7, 11) is 1.24. The molecule has 1 amide bonds. The summed E-state index contributed by atoms with van der Waals surface area (Å²) in [6, 6.07) is 0.452. The number of halogens is 5. The maximum atomic E-state index is 14.7. The van der Waals surface area contributed by atoms with E-state index in [0.717, 1.165) is 6.07 Å². The van der Waals surface area contributed by atoms with Crippen LogP contribution in [0.3, 0.4) is 0 Å². The minimum Gasteiger partial charge on any atom is -0.472 e. The molecular formula is C19H20BrF4N3O4. The molecule has 1 fully saturated rings. The summed E-state index contributed by atoms with van der Waals surface area (Å²) < 4.78 is 70.0. The maximum absolute atomic E-state index is 14.7. The van der Waals surface area contributed by atoms with Gasteiger partial charge in [-0.05, 0) is 42.8 Å². The van der Waals surface area contributed by atoms with Gasteiger partial charge in [-0.1, -0.05) is 0 Å². The highest BCUT2D eigenvalue weighted by Crippen LogP contribution is 2.41. The molecule has 1 atom stereocenters. The molecule has 3 rings (SSSR count). The molecule has 1 unspecified atom stereocenters. The average molecular weight is 510 g/mol. The molecule has 0 bridgehead atoms. The number of amides is 1. The van der Waals surface area contributed by atoms with E-state index >= 15 is 0 Å². The summed E-state index contributed by atoms with van der Waals surface area (Å²) in [6.07, 6.45) is -5.54. The summed E-state index contributed by atoms with van der Waals surface area (Å²) >= 11 is 2.65. The van der Waals surface area contributed by atoms with Gasteiger partial charge < -0.3 is 19.1 Å². The third kappa shape index (κ3) is 5.10. The number of fused-ring (bicyclic) bond motifs is 1. The molecule has 0 radical (unpaired) electrons. The van der Waals surface area contributed by atoms with Crippen LogP contribution in [0, 0.1) is 5.82 Å². The number of methoxy groups -OCH3 is 1. The lowest BCUT2D eigenvalue weighted by Crippen LogP contribution is -2.36. The molecule has 31 heavy (non-hydrogen) atoms. The smallest absolute Gasteiger partial charge is 0.417 e. The fourth-order valence-corrected chi connectivity index (χ4v) is 3.55. The van der Waals surface area contributed by atoms with Gasteiger partial charge in [-0.25, -0.2) is 9.18 Å². The number of alkyl halides is 3. The van der Waals surface area contributed by atoms with E-state index in [1.54, 1.807) is 20.8 Å². The lowest BCUT2D eigenvalue weighted by atomic mass is 10.1. The van der Waals surface area contributed by atoms with Crippen molar-refractivity contribution in [3.8, 4) is 11.9 Å². The number of ether oxygens (including phenoxy) is 3. The molecule has 7 nitrogen and oxygen atoms in total. The summed E-state index contributed by atoms with van der Waals surface area (Å²) in [5.41, 5.74) is -2.29. The van der Waals surface area contributed by atoms with Crippen LogP contribution in [0.4, 0.5) is 22.4 Å². The van der Waals surface area contributed by atoms with E-state index in [2.05, 4.69) is 25.9 Å². The molecule has 0 aliphatic carbocycles. The Labute approximate surface area is 183 Å². The minimum absolute atomic E-state index is 0.133. The SMILES string of the molecule is COc1nc(OC2CCN(C(=O)OC(C)(C)C)C2)c2cc(C(F)(F)F)c(Br)c(F)c2n1. The Bertz CT molecular complexity index is 1010. The van der Waals surface area contributed by atoms with E-state index in [1.807, 2.05) is 0 Å². The van der Waals surface area contributed by atoms with Crippen molar-refractivity contribution in [1.82, 2.24) is 14.9 Å². The van der Waals surface area contributed by atoms with Crippen molar-refractivity contribution in [3.05, 3.63) is 21.9 Å². The van der Waals surface area contributed by atoms with Gasteiger partial charge in [0, 0.05) is 13.0 Å². The van der Waals surface area contributed by atoms with Crippen LogP contribution >= 0.6 is 15.9 Å². The molecule has 0 spiro atoms. The number of carbonyl (C=O) groups excluding carboxylic acids is 1. The van der Waals surface area contributed by atoms with Crippen LogP contribution in [0.15, 0.2) is 10.5 Å². The largest absolute Gasteiger partial charge is 0.472 e. The zero-order chi connectivity index (χ0) is 23.1. The van der Waals surface area contributed by atoms with E-state index in [0.29, 0.717) is 13.0 Å². The molecular weight excluding hydrogens is 490 g/mol. The predicted octanol–water partition coefficient (Wildman–Crippen LogP) is 4.95. The van der Waals surface area contributed by atoms with Crippen LogP contribution in [0.25, 0.3) is 10.9 Å². The molecule has 1 aliphatic rings. The zero-order valence-electron chi connectivity index (χ0n) is 17.1. The second kappa shape index (κ2) is 8.29. The van der Waals surface area contributed by atoms with Crippen molar-refractivity contribution in [2.75, 3.05) is 20.2 Å².